The Morgan fingerprint density at radius 1 is 1.28 bits per heavy atom. The van der Waals surface area contributed by atoms with Crippen molar-refractivity contribution in [2.75, 3.05) is 31.1 Å². The molecule has 0 saturated carbocycles. The number of benzene rings is 1. The van der Waals surface area contributed by atoms with E-state index in [1.54, 1.807) is 16.7 Å². The highest BCUT2D eigenvalue weighted by Crippen LogP contribution is 2.20. The molecule has 2 saturated heterocycles. The summed E-state index contributed by atoms with van der Waals surface area (Å²) in [6.45, 7) is 7.58. The van der Waals surface area contributed by atoms with Crippen LogP contribution < -0.4 is 0 Å². The number of carbonyl (C=O) groups excluding carboxylic acids is 1. The summed E-state index contributed by atoms with van der Waals surface area (Å²) in [5.41, 5.74) is 1.86. The van der Waals surface area contributed by atoms with Crippen LogP contribution >= 0.6 is 11.8 Å². The van der Waals surface area contributed by atoms with E-state index in [0.717, 1.165) is 25.4 Å². The number of hydrogen-bond acceptors (Lipinski definition) is 5. The van der Waals surface area contributed by atoms with Crippen molar-refractivity contribution in [3.8, 4) is 6.07 Å². The quantitative estimate of drug-likeness (QED) is 0.829. The summed E-state index contributed by atoms with van der Waals surface area (Å²) in [5, 5.41) is 9.25. The molecule has 2 aliphatic heterocycles. The summed E-state index contributed by atoms with van der Waals surface area (Å²) in [5.74, 6) is 1.57. The van der Waals surface area contributed by atoms with Crippen molar-refractivity contribution in [3.05, 3.63) is 35.4 Å². The summed E-state index contributed by atoms with van der Waals surface area (Å²) in [6.07, 6.45) is 0.508. The number of nitriles is 1. The standard InChI is InChI=1S/C19H25N3O2S/c1-14-10-21(11-15(2)24-14)12-16-3-5-17(6-4-16)19(23)22-7-8-25-13-18(22)9-20/h3-6,14-15,18H,7-8,10-13H2,1-2H3/t14-,15+,18-/m0/s1. The molecule has 0 aromatic heterocycles. The Kier molecular flexibility index (Phi) is 6.00. The van der Waals surface area contributed by atoms with Gasteiger partial charge in [0.05, 0.1) is 18.3 Å². The number of hydrogen-bond donors (Lipinski definition) is 0. The number of thioether (sulfide) groups is 1. The van der Waals surface area contributed by atoms with Gasteiger partial charge in [0.2, 0.25) is 0 Å². The Morgan fingerprint density at radius 3 is 2.60 bits per heavy atom. The number of ether oxygens (including phenoxy) is 1. The van der Waals surface area contributed by atoms with Crippen LogP contribution in [0.25, 0.3) is 0 Å². The first-order valence-corrected chi connectivity index (χ1v) is 9.97. The van der Waals surface area contributed by atoms with E-state index < -0.39 is 0 Å². The minimum Gasteiger partial charge on any atom is -0.373 e. The lowest BCUT2D eigenvalue weighted by Crippen LogP contribution is -2.45. The van der Waals surface area contributed by atoms with Gasteiger partial charge in [-0.15, -0.1) is 0 Å². The molecule has 0 unspecified atom stereocenters. The van der Waals surface area contributed by atoms with E-state index in [1.165, 1.54) is 5.56 Å². The first-order chi connectivity index (χ1) is 12.1. The highest BCUT2D eigenvalue weighted by atomic mass is 32.2. The molecule has 0 spiro atoms. The largest absolute Gasteiger partial charge is 0.373 e. The molecule has 25 heavy (non-hydrogen) atoms. The molecule has 1 aromatic carbocycles. The highest BCUT2D eigenvalue weighted by Gasteiger charge is 2.27. The van der Waals surface area contributed by atoms with Gasteiger partial charge in [-0.2, -0.15) is 17.0 Å². The van der Waals surface area contributed by atoms with Crippen molar-refractivity contribution >= 4 is 17.7 Å². The molecule has 5 nitrogen and oxygen atoms in total. The predicted octanol–water partition coefficient (Wildman–Crippen LogP) is 2.38. The van der Waals surface area contributed by atoms with E-state index in [1.807, 2.05) is 24.3 Å². The molecule has 3 atom stereocenters. The Morgan fingerprint density at radius 2 is 1.96 bits per heavy atom. The van der Waals surface area contributed by atoms with Crippen LogP contribution in [0.4, 0.5) is 0 Å². The Labute approximate surface area is 153 Å². The number of carbonyl (C=O) groups is 1. The van der Waals surface area contributed by atoms with Crippen LogP contribution in [0.5, 0.6) is 0 Å². The van der Waals surface area contributed by atoms with Crippen LogP contribution in [0.3, 0.4) is 0 Å². The molecule has 2 aliphatic rings. The average molecular weight is 359 g/mol. The number of amides is 1. The molecule has 134 valence electrons. The van der Waals surface area contributed by atoms with Crippen molar-refractivity contribution in [1.29, 1.82) is 5.26 Å². The van der Waals surface area contributed by atoms with E-state index >= 15 is 0 Å². The zero-order valence-corrected chi connectivity index (χ0v) is 15.7. The molecule has 0 bridgehead atoms. The van der Waals surface area contributed by atoms with Gasteiger partial charge < -0.3 is 9.64 Å². The first kappa shape index (κ1) is 18.2. The highest BCUT2D eigenvalue weighted by molar-refractivity contribution is 7.99. The van der Waals surface area contributed by atoms with Crippen LogP contribution in [-0.4, -0.2) is 65.1 Å². The Balaban J connectivity index is 1.63. The molecule has 1 amide bonds. The van der Waals surface area contributed by atoms with E-state index in [4.69, 9.17) is 4.74 Å². The molecule has 2 heterocycles. The Hall–Kier alpha value is -1.55. The summed E-state index contributed by atoms with van der Waals surface area (Å²) in [7, 11) is 0. The summed E-state index contributed by atoms with van der Waals surface area (Å²) >= 11 is 1.73. The van der Waals surface area contributed by atoms with E-state index in [9.17, 15) is 10.1 Å². The predicted molar refractivity (Wildman–Crippen MR) is 99.5 cm³/mol. The maximum absolute atomic E-state index is 12.7. The van der Waals surface area contributed by atoms with Gasteiger partial charge in [0.25, 0.3) is 5.91 Å². The maximum atomic E-state index is 12.7. The van der Waals surface area contributed by atoms with Gasteiger partial charge in [-0.3, -0.25) is 9.69 Å². The molecule has 1 aromatic rings. The molecule has 0 radical (unpaired) electrons. The monoisotopic (exact) mass is 359 g/mol. The van der Waals surface area contributed by atoms with Crippen LogP contribution in [0, 0.1) is 11.3 Å². The summed E-state index contributed by atoms with van der Waals surface area (Å²) < 4.78 is 5.77. The smallest absolute Gasteiger partial charge is 0.254 e. The first-order valence-electron chi connectivity index (χ1n) is 8.82. The lowest BCUT2D eigenvalue weighted by atomic mass is 10.1. The number of rotatable bonds is 3. The second kappa shape index (κ2) is 8.22. The van der Waals surface area contributed by atoms with Gasteiger partial charge in [-0.1, -0.05) is 12.1 Å². The van der Waals surface area contributed by atoms with Gasteiger partial charge in [-0.05, 0) is 31.5 Å². The lowest BCUT2D eigenvalue weighted by Gasteiger charge is -2.35. The van der Waals surface area contributed by atoms with Crippen molar-refractivity contribution in [2.45, 2.75) is 38.6 Å². The van der Waals surface area contributed by atoms with Crippen molar-refractivity contribution in [3.63, 3.8) is 0 Å². The molecule has 2 fully saturated rings. The topological polar surface area (TPSA) is 56.6 Å². The summed E-state index contributed by atoms with van der Waals surface area (Å²) in [4.78, 5) is 16.8. The average Bonchev–Trinajstić information content (AvgIpc) is 2.61. The molecular formula is C19H25N3O2S. The second-order valence-corrected chi connectivity index (χ2v) is 8.02. The maximum Gasteiger partial charge on any atom is 0.254 e. The Bertz CT molecular complexity index is 633. The van der Waals surface area contributed by atoms with Gasteiger partial charge >= 0.3 is 0 Å². The molecule has 0 aliphatic carbocycles. The molecule has 0 N–H and O–H groups in total. The molecular weight excluding hydrogens is 334 g/mol. The SMILES string of the molecule is C[C@@H]1CN(Cc2ccc(C(=O)N3CCSC[C@@H]3C#N)cc2)C[C@H](C)O1. The van der Waals surface area contributed by atoms with Gasteiger partial charge in [0, 0.05) is 43.2 Å². The fourth-order valence-electron chi connectivity index (χ4n) is 3.54. The third-order valence-corrected chi connectivity index (χ3v) is 5.66. The van der Waals surface area contributed by atoms with Crippen LogP contribution in [-0.2, 0) is 11.3 Å². The van der Waals surface area contributed by atoms with E-state index in [-0.39, 0.29) is 24.2 Å². The number of nitrogens with zero attached hydrogens (tertiary/aromatic N) is 3. The second-order valence-electron chi connectivity index (χ2n) is 6.87. The minimum atomic E-state index is -0.317. The zero-order valence-electron chi connectivity index (χ0n) is 14.9. The van der Waals surface area contributed by atoms with E-state index in [2.05, 4.69) is 24.8 Å². The van der Waals surface area contributed by atoms with Gasteiger partial charge in [0.1, 0.15) is 6.04 Å². The van der Waals surface area contributed by atoms with E-state index in [0.29, 0.717) is 17.9 Å². The van der Waals surface area contributed by atoms with Crippen molar-refractivity contribution in [1.82, 2.24) is 9.80 Å². The van der Waals surface area contributed by atoms with Gasteiger partial charge in [0.15, 0.2) is 0 Å². The van der Waals surface area contributed by atoms with Crippen LogP contribution in [0.15, 0.2) is 24.3 Å². The molecule has 3 rings (SSSR count). The fraction of sp³-hybridized carbons (Fsp3) is 0.579. The zero-order chi connectivity index (χ0) is 17.8. The third-order valence-electron chi connectivity index (χ3n) is 4.64. The molecule has 6 heteroatoms. The normalized spacial score (nSPS) is 27.7. The third kappa shape index (κ3) is 4.55. The summed E-state index contributed by atoms with van der Waals surface area (Å²) in [6, 6.07) is 9.76. The minimum absolute atomic E-state index is 0.0352. The lowest BCUT2D eigenvalue weighted by molar-refractivity contribution is -0.0704. The number of morpholine rings is 1. The van der Waals surface area contributed by atoms with Crippen LogP contribution in [0.1, 0.15) is 29.8 Å². The van der Waals surface area contributed by atoms with Gasteiger partial charge in [-0.25, -0.2) is 0 Å². The van der Waals surface area contributed by atoms with Crippen molar-refractivity contribution in [2.24, 2.45) is 0 Å². The van der Waals surface area contributed by atoms with Crippen molar-refractivity contribution < 1.29 is 9.53 Å². The van der Waals surface area contributed by atoms with Crippen LogP contribution in [0.2, 0.25) is 0 Å². The fourth-order valence-corrected chi connectivity index (χ4v) is 4.51.